The zero-order valence-electron chi connectivity index (χ0n) is 15.5. The van der Waals surface area contributed by atoms with Gasteiger partial charge in [-0.3, -0.25) is 4.79 Å². The van der Waals surface area contributed by atoms with Crippen molar-refractivity contribution in [3.05, 3.63) is 46.7 Å². The minimum atomic E-state index is 0.0845. The van der Waals surface area contributed by atoms with Crippen molar-refractivity contribution in [3.63, 3.8) is 0 Å². The molecule has 1 saturated heterocycles. The van der Waals surface area contributed by atoms with Crippen molar-refractivity contribution in [1.82, 2.24) is 5.32 Å². The molecule has 1 aromatic carbocycles. The van der Waals surface area contributed by atoms with Crippen LogP contribution in [0, 0.1) is 0 Å². The highest BCUT2D eigenvalue weighted by Crippen LogP contribution is 2.27. The number of para-hydroxylation sites is 2. The summed E-state index contributed by atoms with van der Waals surface area (Å²) >= 11 is 1.68. The van der Waals surface area contributed by atoms with Crippen molar-refractivity contribution in [2.75, 3.05) is 44.2 Å². The van der Waals surface area contributed by atoms with E-state index >= 15 is 0 Å². The number of benzene rings is 1. The molecule has 0 bridgehead atoms. The van der Waals surface area contributed by atoms with E-state index in [0.717, 1.165) is 37.6 Å². The predicted octanol–water partition coefficient (Wildman–Crippen LogP) is 1.73. The Morgan fingerprint density at radius 3 is 2.73 bits per heavy atom. The summed E-state index contributed by atoms with van der Waals surface area (Å²) in [7, 11) is 0. The van der Waals surface area contributed by atoms with Crippen LogP contribution in [0.2, 0.25) is 0 Å². The second-order valence-electron chi connectivity index (χ2n) is 6.62. The van der Waals surface area contributed by atoms with Gasteiger partial charge in [-0.1, -0.05) is 18.2 Å². The van der Waals surface area contributed by atoms with Gasteiger partial charge in [0.25, 0.3) is 5.91 Å². The molecule has 5 nitrogen and oxygen atoms in total. The summed E-state index contributed by atoms with van der Waals surface area (Å²) in [6.07, 6.45) is 0. The molecule has 0 unspecified atom stereocenters. The first-order valence-corrected chi connectivity index (χ1v) is 10.2. The third kappa shape index (κ3) is 4.77. The van der Waals surface area contributed by atoms with Crippen molar-refractivity contribution in [2.45, 2.75) is 19.9 Å². The largest absolute Gasteiger partial charge is 0.492 e. The topological polar surface area (TPSA) is 46.0 Å². The van der Waals surface area contributed by atoms with Gasteiger partial charge in [0.2, 0.25) is 0 Å². The molecule has 1 aromatic heterocycles. The summed E-state index contributed by atoms with van der Waals surface area (Å²) in [6.45, 7) is 9.06. The van der Waals surface area contributed by atoms with Gasteiger partial charge < -0.3 is 19.9 Å². The molecule has 2 N–H and O–H groups in total. The van der Waals surface area contributed by atoms with Crippen LogP contribution in [0.4, 0.5) is 5.69 Å². The monoisotopic (exact) mass is 374 g/mol. The van der Waals surface area contributed by atoms with Gasteiger partial charge in [-0.2, -0.15) is 0 Å². The molecule has 3 rings (SSSR count). The van der Waals surface area contributed by atoms with Crippen LogP contribution in [-0.2, 0) is 4.79 Å². The fourth-order valence-electron chi connectivity index (χ4n) is 3.36. The lowest BCUT2D eigenvalue weighted by Gasteiger charge is -2.34. The Hall–Kier alpha value is -2.05. The Morgan fingerprint density at radius 1 is 1.27 bits per heavy atom. The molecule has 1 amide bonds. The number of anilines is 1. The number of thiophene rings is 1. The number of piperazine rings is 1. The van der Waals surface area contributed by atoms with E-state index in [2.05, 4.69) is 28.4 Å². The molecule has 0 radical (unpaired) electrons. The molecule has 1 aliphatic rings. The van der Waals surface area contributed by atoms with Crippen molar-refractivity contribution in [2.24, 2.45) is 0 Å². The standard InChI is InChI=1S/C20H27N3O2S/c1-3-25-18-8-5-4-7-17(18)23-12-10-22(11-13-23)15-20(24)21-16(2)19-9-6-14-26-19/h4-9,14,16H,3,10-13,15H2,1-2H3,(H,21,24)/p+1/t16-/m1/s1. The average Bonchev–Trinajstić information content (AvgIpc) is 3.18. The number of ether oxygens (including phenoxy) is 1. The van der Waals surface area contributed by atoms with Crippen molar-refractivity contribution in [1.29, 1.82) is 0 Å². The first-order valence-electron chi connectivity index (χ1n) is 9.30. The first kappa shape index (κ1) is 18.7. The van der Waals surface area contributed by atoms with E-state index in [1.54, 1.807) is 11.3 Å². The fraction of sp³-hybridized carbons (Fsp3) is 0.450. The molecule has 1 atom stereocenters. The molecule has 26 heavy (non-hydrogen) atoms. The van der Waals surface area contributed by atoms with Crippen LogP contribution in [0.5, 0.6) is 5.75 Å². The zero-order valence-corrected chi connectivity index (χ0v) is 16.3. The van der Waals surface area contributed by atoms with Crippen molar-refractivity contribution >= 4 is 22.9 Å². The molecule has 0 spiro atoms. The molecular formula is C20H28N3O2S+. The van der Waals surface area contributed by atoms with Gasteiger partial charge in [0.05, 0.1) is 44.5 Å². The Morgan fingerprint density at radius 2 is 2.04 bits per heavy atom. The van der Waals surface area contributed by atoms with Gasteiger partial charge in [-0.15, -0.1) is 11.3 Å². The Labute approximate surface area is 159 Å². The van der Waals surface area contributed by atoms with E-state index in [-0.39, 0.29) is 11.9 Å². The van der Waals surface area contributed by atoms with Crippen LogP contribution in [-0.4, -0.2) is 45.2 Å². The number of carbonyl (C=O) groups is 1. The Bertz CT molecular complexity index is 697. The smallest absolute Gasteiger partial charge is 0.275 e. The maximum Gasteiger partial charge on any atom is 0.275 e. The van der Waals surface area contributed by atoms with Crippen LogP contribution in [0.1, 0.15) is 24.8 Å². The third-order valence-electron chi connectivity index (χ3n) is 4.73. The number of carbonyl (C=O) groups excluding carboxylic acids is 1. The maximum absolute atomic E-state index is 12.3. The minimum Gasteiger partial charge on any atom is -0.492 e. The lowest BCUT2D eigenvalue weighted by Crippen LogP contribution is -3.15. The molecule has 0 aliphatic carbocycles. The number of nitrogens with one attached hydrogen (secondary N) is 2. The van der Waals surface area contributed by atoms with Crippen LogP contribution in [0.3, 0.4) is 0 Å². The van der Waals surface area contributed by atoms with Gasteiger partial charge in [0.1, 0.15) is 5.75 Å². The van der Waals surface area contributed by atoms with Crippen LogP contribution in [0.15, 0.2) is 41.8 Å². The van der Waals surface area contributed by atoms with Gasteiger partial charge in [0.15, 0.2) is 6.54 Å². The summed E-state index contributed by atoms with van der Waals surface area (Å²) in [6, 6.07) is 12.4. The molecular weight excluding hydrogens is 346 g/mol. The van der Waals surface area contributed by atoms with Crippen molar-refractivity contribution in [3.8, 4) is 5.75 Å². The molecule has 2 aromatic rings. The number of rotatable bonds is 7. The van der Waals surface area contributed by atoms with E-state index in [9.17, 15) is 4.79 Å². The minimum absolute atomic E-state index is 0.0845. The van der Waals surface area contributed by atoms with E-state index in [1.165, 1.54) is 9.78 Å². The molecule has 1 aliphatic heterocycles. The van der Waals surface area contributed by atoms with Crippen LogP contribution < -0.4 is 19.9 Å². The normalized spacial score (nSPS) is 16.3. The number of hydrogen-bond acceptors (Lipinski definition) is 4. The third-order valence-corrected chi connectivity index (χ3v) is 5.79. The molecule has 140 valence electrons. The van der Waals surface area contributed by atoms with Gasteiger partial charge in [-0.05, 0) is 37.4 Å². The second-order valence-corrected chi connectivity index (χ2v) is 7.60. The number of hydrogen-bond donors (Lipinski definition) is 2. The van der Waals surface area contributed by atoms with E-state index in [0.29, 0.717) is 13.2 Å². The SMILES string of the molecule is CCOc1ccccc1N1CC[NH+](CC(=O)N[C@H](C)c2cccs2)CC1. The average molecular weight is 375 g/mol. The van der Waals surface area contributed by atoms with E-state index in [4.69, 9.17) is 4.74 Å². The Balaban J connectivity index is 1.49. The highest BCUT2D eigenvalue weighted by molar-refractivity contribution is 7.10. The van der Waals surface area contributed by atoms with Crippen molar-refractivity contribution < 1.29 is 14.4 Å². The highest BCUT2D eigenvalue weighted by atomic mass is 32.1. The first-order chi connectivity index (χ1) is 12.7. The second kappa shape index (κ2) is 9.05. The number of nitrogens with zero attached hydrogens (tertiary/aromatic N) is 1. The van der Waals surface area contributed by atoms with Gasteiger partial charge in [-0.25, -0.2) is 0 Å². The molecule has 2 heterocycles. The maximum atomic E-state index is 12.3. The predicted molar refractivity (Wildman–Crippen MR) is 106 cm³/mol. The summed E-state index contributed by atoms with van der Waals surface area (Å²) in [5.74, 6) is 1.07. The van der Waals surface area contributed by atoms with Gasteiger partial charge in [0, 0.05) is 4.88 Å². The summed E-state index contributed by atoms with van der Waals surface area (Å²) in [5, 5.41) is 5.16. The highest BCUT2D eigenvalue weighted by Gasteiger charge is 2.24. The summed E-state index contributed by atoms with van der Waals surface area (Å²) < 4.78 is 5.75. The Kier molecular flexibility index (Phi) is 6.52. The zero-order chi connectivity index (χ0) is 18.4. The van der Waals surface area contributed by atoms with Gasteiger partial charge >= 0.3 is 0 Å². The van der Waals surface area contributed by atoms with E-state index < -0.39 is 0 Å². The van der Waals surface area contributed by atoms with Crippen LogP contribution >= 0.6 is 11.3 Å². The molecule has 1 fully saturated rings. The van der Waals surface area contributed by atoms with E-state index in [1.807, 2.05) is 37.4 Å². The molecule has 6 heteroatoms. The number of amides is 1. The van der Waals surface area contributed by atoms with Crippen LogP contribution in [0.25, 0.3) is 0 Å². The lowest BCUT2D eigenvalue weighted by atomic mass is 10.2. The number of quaternary nitrogens is 1. The lowest BCUT2D eigenvalue weighted by molar-refractivity contribution is -0.892. The fourth-order valence-corrected chi connectivity index (χ4v) is 4.10. The summed E-state index contributed by atoms with van der Waals surface area (Å²) in [4.78, 5) is 17.2. The molecule has 0 saturated carbocycles. The quantitative estimate of drug-likeness (QED) is 0.776. The summed E-state index contributed by atoms with van der Waals surface area (Å²) in [5.41, 5.74) is 1.16.